The van der Waals surface area contributed by atoms with E-state index >= 15 is 0 Å². The molecule has 4 rings (SSSR count). The summed E-state index contributed by atoms with van der Waals surface area (Å²) in [5, 5.41) is 0. The van der Waals surface area contributed by atoms with Crippen LogP contribution in [0.15, 0.2) is 54.6 Å². The molecule has 96 valence electrons. The average molecular weight is 250 g/mol. The Kier molecular flexibility index (Phi) is 2.49. The summed E-state index contributed by atoms with van der Waals surface area (Å²) in [6.45, 7) is 0.893. The topological polar surface area (TPSA) is 12.5 Å². The summed E-state index contributed by atoms with van der Waals surface area (Å²) in [5.41, 5.74) is 4.45. The van der Waals surface area contributed by atoms with Gasteiger partial charge in [0.2, 0.25) is 0 Å². The van der Waals surface area contributed by atoms with Gasteiger partial charge in [-0.05, 0) is 41.9 Å². The van der Waals surface area contributed by atoms with Crippen LogP contribution >= 0.6 is 0 Å². The highest BCUT2D eigenvalue weighted by molar-refractivity contribution is 5.33. The van der Waals surface area contributed by atoms with Crippen molar-refractivity contribution < 1.29 is 4.74 Å². The van der Waals surface area contributed by atoms with Gasteiger partial charge in [0, 0.05) is 0 Å². The molecule has 1 heterocycles. The largest absolute Gasteiger partial charge is 0.364 e. The van der Waals surface area contributed by atoms with Crippen LogP contribution in [0.25, 0.3) is 0 Å². The highest BCUT2D eigenvalue weighted by atomic mass is 16.6. The van der Waals surface area contributed by atoms with Crippen molar-refractivity contribution in [2.75, 3.05) is 6.61 Å². The van der Waals surface area contributed by atoms with Gasteiger partial charge in [0.1, 0.15) is 5.60 Å². The van der Waals surface area contributed by atoms with E-state index in [0.717, 1.165) is 18.9 Å². The van der Waals surface area contributed by atoms with Gasteiger partial charge in [-0.1, -0.05) is 54.6 Å². The van der Waals surface area contributed by atoms with Crippen LogP contribution in [0.3, 0.4) is 0 Å². The van der Waals surface area contributed by atoms with E-state index in [4.69, 9.17) is 4.74 Å². The van der Waals surface area contributed by atoms with Gasteiger partial charge in [0.05, 0.1) is 6.61 Å². The smallest absolute Gasteiger partial charge is 0.117 e. The summed E-state index contributed by atoms with van der Waals surface area (Å²) in [5.74, 6) is 0.736. The zero-order valence-electron chi connectivity index (χ0n) is 11.0. The number of rotatable bonds is 3. The second-order valence-corrected chi connectivity index (χ2v) is 5.90. The molecular weight excluding hydrogens is 232 g/mol. The predicted octanol–water partition coefficient (Wildman–Crippen LogP) is 3.72. The van der Waals surface area contributed by atoms with E-state index in [2.05, 4.69) is 54.6 Å². The molecule has 1 saturated heterocycles. The molecule has 1 fully saturated rings. The van der Waals surface area contributed by atoms with Gasteiger partial charge >= 0.3 is 0 Å². The lowest BCUT2D eigenvalue weighted by atomic mass is 9.87. The molecule has 2 aliphatic rings. The van der Waals surface area contributed by atoms with Gasteiger partial charge in [-0.15, -0.1) is 0 Å². The Morgan fingerprint density at radius 1 is 0.895 bits per heavy atom. The summed E-state index contributed by atoms with van der Waals surface area (Å²) in [7, 11) is 0. The molecule has 1 aliphatic carbocycles. The lowest BCUT2D eigenvalue weighted by Crippen LogP contribution is -2.15. The zero-order chi connectivity index (χ0) is 12.7. The molecule has 1 heteroatoms. The fraction of sp³-hybridized carbons (Fsp3) is 0.333. The number of ether oxygens (including phenoxy) is 1. The van der Waals surface area contributed by atoms with Crippen LogP contribution in [0, 0.1) is 5.92 Å². The molecule has 2 aromatic carbocycles. The van der Waals surface area contributed by atoms with E-state index in [-0.39, 0.29) is 5.60 Å². The first-order valence-corrected chi connectivity index (χ1v) is 7.12. The maximum atomic E-state index is 5.84. The Bertz CT molecular complexity index is 559. The average Bonchev–Trinajstić information content (AvgIpc) is 3.12. The van der Waals surface area contributed by atoms with Gasteiger partial charge < -0.3 is 4.74 Å². The van der Waals surface area contributed by atoms with E-state index in [9.17, 15) is 0 Å². The molecule has 0 saturated carbocycles. The van der Waals surface area contributed by atoms with Crippen molar-refractivity contribution in [3.8, 4) is 0 Å². The lowest BCUT2D eigenvalue weighted by molar-refractivity contribution is 0.257. The Morgan fingerprint density at radius 3 is 2.05 bits per heavy atom. The van der Waals surface area contributed by atoms with Crippen LogP contribution in [0.5, 0.6) is 0 Å². The summed E-state index contributed by atoms with van der Waals surface area (Å²) < 4.78 is 5.84. The van der Waals surface area contributed by atoms with Crippen LogP contribution in [0.4, 0.5) is 0 Å². The minimum Gasteiger partial charge on any atom is -0.364 e. The first-order chi connectivity index (χ1) is 9.36. The fourth-order valence-corrected chi connectivity index (χ4v) is 3.49. The highest BCUT2D eigenvalue weighted by Crippen LogP contribution is 2.46. The maximum absolute atomic E-state index is 5.84. The molecule has 1 nitrogen and oxygen atoms in total. The molecule has 2 aromatic rings. The van der Waals surface area contributed by atoms with Gasteiger partial charge in [-0.2, -0.15) is 0 Å². The number of epoxide rings is 1. The molecule has 1 atom stereocenters. The van der Waals surface area contributed by atoms with Crippen LogP contribution in [0.2, 0.25) is 0 Å². The van der Waals surface area contributed by atoms with E-state index in [1.807, 2.05) is 0 Å². The van der Waals surface area contributed by atoms with Crippen molar-refractivity contribution in [3.05, 3.63) is 71.3 Å². The van der Waals surface area contributed by atoms with Crippen LogP contribution in [0.1, 0.15) is 23.1 Å². The van der Waals surface area contributed by atoms with Crippen molar-refractivity contribution in [3.63, 3.8) is 0 Å². The Morgan fingerprint density at radius 2 is 1.47 bits per heavy atom. The summed E-state index contributed by atoms with van der Waals surface area (Å²) in [6.07, 6.45) is 3.59. The van der Waals surface area contributed by atoms with Crippen molar-refractivity contribution in [1.29, 1.82) is 0 Å². The fourth-order valence-electron chi connectivity index (χ4n) is 3.49. The zero-order valence-corrected chi connectivity index (χ0v) is 11.0. The number of hydrogen-bond acceptors (Lipinski definition) is 1. The Balaban J connectivity index is 1.52. The summed E-state index contributed by atoms with van der Waals surface area (Å²) >= 11 is 0. The van der Waals surface area contributed by atoms with Crippen molar-refractivity contribution >= 4 is 0 Å². The molecular formula is C18H18O. The summed E-state index contributed by atoms with van der Waals surface area (Å²) in [6, 6.07) is 19.6. The lowest BCUT2D eigenvalue weighted by Gasteiger charge is -2.17. The molecule has 0 N–H and O–H groups in total. The van der Waals surface area contributed by atoms with E-state index < -0.39 is 0 Å². The molecule has 19 heavy (non-hydrogen) atoms. The molecule has 0 bridgehead atoms. The van der Waals surface area contributed by atoms with E-state index in [1.165, 1.54) is 29.5 Å². The third-order valence-electron chi connectivity index (χ3n) is 4.55. The first-order valence-electron chi connectivity index (χ1n) is 7.12. The number of benzene rings is 2. The van der Waals surface area contributed by atoms with E-state index in [0.29, 0.717) is 0 Å². The monoisotopic (exact) mass is 250 g/mol. The number of hydrogen-bond donors (Lipinski definition) is 0. The number of fused-ring (bicyclic) bond motifs is 1. The molecule has 0 aromatic heterocycles. The van der Waals surface area contributed by atoms with Gasteiger partial charge in [0.15, 0.2) is 0 Å². The van der Waals surface area contributed by atoms with Gasteiger partial charge in [0.25, 0.3) is 0 Å². The molecule has 0 amide bonds. The maximum Gasteiger partial charge on any atom is 0.117 e. The molecule has 0 spiro atoms. The highest BCUT2D eigenvalue weighted by Gasteiger charge is 2.48. The third-order valence-corrected chi connectivity index (χ3v) is 4.55. The summed E-state index contributed by atoms with van der Waals surface area (Å²) in [4.78, 5) is 0. The predicted molar refractivity (Wildman–Crippen MR) is 76.0 cm³/mol. The van der Waals surface area contributed by atoms with Crippen LogP contribution < -0.4 is 0 Å². The Hall–Kier alpha value is -1.60. The SMILES string of the molecule is c1ccc(C2(CC3Cc4ccccc4C3)CO2)cc1. The van der Waals surface area contributed by atoms with Crippen LogP contribution in [-0.4, -0.2) is 6.61 Å². The molecule has 1 unspecified atom stereocenters. The minimum atomic E-state index is 0.0218. The quantitative estimate of drug-likeness (QED) is 0.756. The minimum absolute atomic E-state index is 0.0218. The van der Waals surface area contributed by atoms with Gasteiger partial charge in [-0.3, -0.25) is 0 Å². The third kappa shape index (κ3) is 1.98. The standard InChI is InChI=1S/C18H18O/c1-2-8-17(9-3-1)18(13-19-18)12-14-10-15-6-4-5-7-16(15)11-14/h1-9,14H,10-13H2. The van der Waals surface area contributed by atoms with Gasteiger partial charge in [-0.25, -0.2) is 0 Å². The Labute approximate surface area is 114 Å². The van der Waals surface area contributed by atoms with Crippen LogP contribution in [-0.2, 0) is 23.2 Å². The second kappa shape index (κ2) is 4.21. The first kappa shape index (κ1) is 11.2. The van der Waals surface area contributed by atoms with Crippen molar-refractivity contribution in [1.82, 2.24) is 0 Å². The second-order valence-electron chi connectivity index (χ2n) is 5.90. The molecule has 0 radical (unpaired) electrons. The molecule has 1 aliphatic heterocycles. The van der Waals surface area contributed by atoms with Crippen molar-refractivity contribution in [2.24, 2.45) is 5.92 Å². The van der Waals surface area contributed by atoms with Crippen molar-refractivity contribution in [2.45, 2.75) is 24.9 Å². The normalized spacial score (nSPS) is 25.3. The van der Waals surface area contributed by atoms with E-state index in [1.54, 1.807) is 0 Å².